The van der Waals surface area contributed by atoms with Gasteiger partial charge in [0.05, 0.1) is 12.1 Å². The van der Waals surface area contributed by atoms with Crippen molar-refractivity contribution in [3.8, 4) is 5.75 Å². The predicted octanol–water partition coefficient (Wildman–Crippen LogP) is 7.40. The van der Waals surface area contributed by atoms with Gasteiger partial charge in [-0.05, 0) is 101 Å². The molecule has 1 fully saturated rings. The molecule has 1 saturated carbocycles. The van der Waals surface area contributed by atoms with Gasteiger partial charge < -0.3 is 20.3 Å². The number of aryl methyl sites for hydroxylation is 1. The van der Waals surface area contributed by atoms with Crippen molar-refractivity contribution in [3.05, 3.63) is 83.9 Å². The molecule has 0 aliphatic heterocycles. The summed E-state index contributed by atoms with van der Waals surface area (Å²) in [5.74, 6) is 3.23. The van der Waals surface area contributed by atoms with Crippen molar-refractivity contribution in [2.75, 3.05) is 44.0 Å². The number of aromatic nitrogens is 2. The summed E-state index contributed by atoms with van der Waals surface area (Å²) >= 11 is 1.79. The van der Waals surface area contributed by atoms with Gasteiger partial charge in [-0.15, -0.1) is 11.8 Å². The fraction of sp³-hybridized carbons (Fsp3) is 0.417. The van der Waals surface area contributed by atoms with E-state index in [0.717, 1.165) is 66.8 Å². The molecule has 232 valence electrons. The molecular weight excluding hydrogens is 566 g/mol. The molecule has 8 heteroatoms. The number of fused-ring (bicyclic) bond motifs is 1. The van der Waals surface area contributed by atoms with E-state index in [0.29, 0.717) is 30.9 Å². The van der Waals surface area contributed by atoms with Crippen LogP contribution in [0.3, 0.4) is 0 Å². The lowest BCUT2D eigenvalue weighted by Crippen LogP contribution is -2.34. The second-order valence-electron chi connectivity index (χ2n) is 11.9. The van der Waals surface area contributed by atoms with Crippen LogP contribution < -0.4 is 20.3 Å². The van der Waals surface area contributed by atoms with Gasteiger partial charge in [-0.2, -0.15) is 4.98 Å². The Morgan fingerprint density at radius 3 is 2.41 bits per heavy atom. The van der Waals surface area contributed by atoms with E-state index in [2.05, 4.69) is 47.9 Å². The molecule has 0 radical (unpaired) electrons. The number of benzene rings is 3. The van der Waals surface area contributed by atoms with Crippen molar-refractivity contribution in [1.82, 2.24) is 15.3 Å². The van der Waals surface area contributed by atoms with E-state index in [1.807, 2.05) is 68.4 Å². The minimum Gasteiger partial charge on any atom is -0.494 e. The summed E-state index contributed by atoms with van der Waals surface area (Å²) < 4.78 is 5.55. The first-order valence-electron chi connectivity index (χ1n) is 15.8. The molecule has 1 aromatic heterocycles. The van der Waals surface area contributed by atoms with Crippen LogP contribution in [0.2, 0.25) is 0 Å². The number of nitrogens with one attached hydrogen (secondary N) is 2. The van der Waals surface area contributed by atoms with Crippen LogP contribution in [-0.2, 0) is 0 Å². The monoisotopic (exact) mass is 611 g/mol. The minimum absolute atomic E-state index is 0.144. The third-order valence-electron chi connectivity index (χ3n) is 8.22. The lowest BCUT2D eigenvalue weighted by atomic mass is 9.86. The lowest BCUT2D eigenvalue weighted by molar-refractivity contribution is 0.0981. The Kier molecular flexibility index (Phi) is 11.1. The number of thioether (sulfide) groups is 1. The summed E-state index contributed by atoms with van der Waals surface area (Å²) in [6, 6.07) is 24.7. The number of carbonyl (C=O) groups is 1. The van der Waals surface area contributed by atoms with E-state index < -0.39 is 0 Å². The molecule has 2 N–H and O–H groups in total. The van der Waals surface area contributed by atoms with E-state index in [1.54, 1.807) is 11.8 Å². The SMILES string of the molecule is CCOc1ccc(C(=O)CC(CNCC2CCC(Nc3nc(N(C)C)c4ccccc4n3)CC2)Sc2ccc(C)cc2)cc1. The normalized spacial score (nSPS) is 17.3. The summed E-state index contributed by atoms with van der Waals surface area (Å²) in [5, 5.41) is 8.57. The number of hydrogen-bond acceptors (Lipinski definition) is 8. The highest BCUT2D eigenvalue weighted by Crippen LogP contribution is 2.30. The van der Waals surface area contributed by atoms with Crippen molar-refractivity contribution >= 4 is 40.2 Å². The maximum absolute atomic E-state index is 13.2. The molecule has 0 amide bonds. The lowest BCUT2D eigenvalue weighted by Gasteiger charge is -2.30. The first kappa shape index (κ1) is 31.8. The summed E-state index contributed by atoms with van der Waals surface area (Å²) in [7, 11) is 4.05. The van der Waals surface area contributed by atoms with Gasteiger partial charge in [0.15, 0.2) is 5.78 Å². The molecule has 5 rings (SSSR count). The Labute approximate surface area is 266 Å². The number of hydrogen-bond donors (Lipinski definition) is 2. The van der Waals surface area contributed by atoms with Crippen molar-refractivity contribution in [3.63, 3.8) is 0 Å². The molecule has 1 unspecified atom stereocenters. The number of Topliss-reactive ketones (excluding diaryl/α,β-unsaturated/α-hetero) is 1. The van der Waals surface area contributed by atoms with Gasteiger partial charge in [-0.3, -0.25) is 4.79 Å². The van der Waals surface area contributed by atoms with Crippen molar-refractivity contribution < 1.29 is 9.53 Å². The number of carbonyl (C=O) groups excluding carboxylic acids is 1. The fourth-order valence-corrected chi connectivity index (χ4v) is 6.91. The number of para-hydroxylation sites is 1. The molecule has 3 aromatic carbocycles. The van der Waals surface area contributed by atoms with E-state index in [1.165, 1.54) is 10.5 Å². The van der Waals surface area contributed by atoms with Gasteiger partial charge in [0, 0.05) is 54.2 Å². The minimum atomic E-state index is 0.144. The molecule has 1 aliphatic rings. The molecule has 0 bridgehead atoms. The highest BCUT2D eigenvalue weighted by molar-refractivity contribution is 8.00. The van der Waals surface area contributed by atoms with Crippen LogP contribution in [0.25, 0.3) is 10.9 Å². The zero-order valence-corrected chi connectivity index (χ0v) is 27.2. The Bertz CT molecular complexity index is 1500. The topological polar surface area (TPSA) is 79.4 Å². The highest BCUT2D eigenvalue weighted by atomic mass is 32.2. The molecule has 0 saturated heterocycles. The smallest absolute Gasteiger partial charge is 0.225 e. The number of ether oxygens (including phenoxy) is 1. The average molecular weight is 612 g/mol. The summed E-state index contributed by atoms with van der Waals surface area (Å²) in [4.78, 5) is 26.1. The van der Waals surface area contributed by atoms with Crippen LogP contribution >= 0.6 is 11.8 Å². The van der Waals surface area contributed by atoms with Gasteiger partial charge >= 0.3 is 0 Å². The molecule has 44 heavy (non-hydrogen) atoms. The van der Waals surface area contributed by atoms with Crippen molar-refractivity contribution in [2.24, 2.45) is 5.92 Å². The maximum Gasteiger partial charge on any atom is 0.225 e. The molecule has 0 spiro atoms. The Morgan fingerprint density at radius 1 is 0.977 bits per heavy atom. The standard InChI is InChI=1S/C36H45N5O2S/c1-5-43-29-18-14-27(15-19-29)34(42)22-31(44-30-20-10-25(2)11-21-30)24-37-23-26-12-16-28(17-13-26)38-36-39-33-9-7-6-8-32(33)35(40-36)41(3)4/h6-11,14-15,18-21,26,28,31,37H,5,12-13,16-17,22-24H2,1-4H3,(H,38,39,40). The molecular formula is C36H45N5O2S. The zero-order valence-electron chi connectivity index (χ0n) is 26.4. The first-order valence-corrected chi connectivity index (χ1v) is 16.7. The second-order valence-corrected chi connectivity index (χ2v) is 13.3. The van der Waals surface area contributed by atoms with Crippen LogP contribution in [-0.4, -0.2) is 60.8 Å². The van der Waals surface area contributed by atoms with Gasteiger partial charge in [0.25, 0.3) is 0 Å². The van der Waals surface area contributed by atoms with Crippen LogP contribution in [0.1, 0.15) is 54.9 Å². The van der Waals surface area contributed by atoms with Gasteiger partial charge in [-0.25, -0.2) is 4.98 Å². The van der Waals surface area contributed by atoms with Gasteiger partial charge in [-0.1, -0.05) is 29.8 Å². The third-order valence-corrected chi connectivity index (χ3v) is 9.43. The average Bonchev–Trinajstić information content (AvgIpc) is 3.03. The van der Waals surface area contributed by atoms with Crippen LogP contribution in [0.4, 0.5) is 11.8 Å². The zero-order chi connectivity index (χ0) is 30.9. The molecule has 7 nitrogen and oxygen atoms in total. The first-order chi connectivity index (χ1) is 21.4. The number of rotatable bonds is 14. The predicted molar refractivity (Wildman–Crippen MR) is 183 cm³/mol. The Hall–Kier alpha value is -3.62. The number of nitrogens with zero attached hydrogens (tertiary/aromatic N) is 3. The quantitative estimate of drug-likeness (QED) is 0.113. The number of ketones is 1. The van der Waals surface area contributed by atoms with E-state index in [-0.39, 0.29) is 11.0 Å². The van der Waals surface area contributed by atoms with E-state index in [9.17, 15) is 4.79 Å². The van der Waals surface area contributed by atoms with E-state index >= 15 is 0 Å². The summed E-state index contributed by atoms with van der Waals surface area (Å²) in [5.41, 5.74) is 2.94. The Balaban J connectivity index is 1.13. The van der Waals surface area contributed by atoms with Gasteiger partial charge in [0.1, 0.15) is 11.6 Å². The molecule has 1 aliphatic carbocycles. The largest absolute Gasteiger partial charge is 0.494 e. The summed E-state index contributed by atoms with van der Waals surface area (Å²) in [6.45, 7) is 6.43. The van der Waals surface area contributed by atoms with Crippen LogP contribution in [0, 0.1) is 12.8 Å². The molecule has 4 aromatic rings. The van der Waals surface area contributed by atoms with Crippen molar-refractivity contribution in [2.45, 2.75) is 62.1 Å². The third kappa shape index (κ3) is 8.73. The Morgan fingerprint density at radius 2 is 1.70 bits per heavy atom. The van der Waals surface area contributed by atoms with Crippen LogP contribution in [0.15, 0.2) is 77.7 Å². The fourth-order valence-electron chi connectivity index (χ4n) is 5.80. The second kappa shape index (κ2) is 15.4. The van der Waals surface area contributed by atoms with Gasteiger partial charge in [0.2, 0.25) is 5.95 Å². The highest BCUT2D eigenvalue weighted by Gasteiger charge is 2.23. The summed E-state index contributed by atoms with van der Waals surface area (Å²) in [6.07, 6.45) is 4.98. The van der Waals surface area contributed by atoms with E-state index in [4.69, 9.17) is 14.7 Å². The van der Waals surface area contributed by atoms with Crippen LogP contribution in [0.5, 0.6) is 5.75 Å². The number of anilines is 2. The molecule has 1 heterocycles. The molecule has 1 atom stereocenters. The van der Waals surface area contributed by atoms with Crippen molar-refractivity contribution in [1.29, 1.82) is 0 Å². The maximum atomic E-state index is 13.2.